The Morgan fingerprint density at radius 1 is 0.950 bits per heavy atom. The molecule has 0 bridgehead atoms. The second-order valence-corrected chi connectivity index (χ2v) is 6.24. The van der Waals surface area contributed by atoms with E-state index >= 15 is 0 Å². The van der Waals surface area contributed by atoms with E-state index < -0.39 is 32.1 Å². The molecule has 0 aliphatic heterocycles. The standard InChI is InChI=1S/C14H13F2NO2S/c15-12-6-1-2-7-13(12)20(18,19)9-11-5-3-4-10(8-17)14(11)16/h1-7H,8-9,17H2. The highest BCUT2D eigenvalue weighted by Gasteiger charge is 2.21. The molecule has 0 aliphatic rings. The molecule has 0 aliphatic carbocycles. The number of rotatable bonds is 4. The van der Waals surface area contributed by atoms with Gasteiger partial charge >= 0.3 is 0 Å². The minimum atomic E-state index is -3.95. The van der Waals surface area contributed by atoms with E-state index in [1.165, 1.54) is 30.3 Å². The normalized spacial score (nSPS) is 11.6. The van der Waals surface area contributed by atoms with Crippen molar-refractivity contribution in [3.05, 3.63) is 65.2 Å². The zero-order valence-corrected chi connectivity index (χ0v) is 11.3. The van der Waals surface area contributed by atoms with E-state index in [4.69, 9.17) is 5.73 Å². The Balaban J connectivity index is 2.42. The van der Waals surface area contributed by atoms with Crippen molar-refractivity contribution in [2.45, 2.75) is 17.2 Å². The highest BCUT2D eigenvalue weighted by Crippen LogP contribution is 2.22. The van der Waals surface area contributed by atoms with Gasteiger partial charge in [-0.1, -0.05) is 30.3 Å². The van der Waals surface area contributed by atoms with Gasteiger partial charge < -0.3 is 5.73 Å². The summed E-state index contributed by atoms with van der Waals surface area (Å²) in [4.78, 5) is -0.433. The number of hydrogen-bond donors (Lipinski definition) is 1. The summed E-state index contributed by atoms with van der Waals surface area (Å²) in [6, 6.07) is 9.39. The lowest BCUT2D eigenvalue weighted by Gasteiger charge is -2.08. The van der Waals surface area contributed by atoms with E-state index in [1.54, 1.807) is 0 Å². The van der Waals surface area contributed by atoms with Gasteiger partial charge in [0.2, 0.25) is 0 Å². The van der Waals surface area contributed by atoms with Gasteiger partial charge in [-0.2, -0.15) is 0 Å². The Hall–Kier alpha value is -1.79. The second-order valence-electron chi connectivity index (χ2n) is 4.28. The van der Waals surface area contributed by atoms with Crippen LogP contribution in [0.1, 0.15) is 11.1 Å². The first kappa shape index (κ1) is 14.6. The molecule has 3 nitrogen and oxygen atoms in total. The van der Waals surface area contributed by atoms with Crippen LogP contribution in [-0.2, 0) is 22.1 Å². The largest absolute Gasteiger partial charge is 0.326 e. The first-order chi connectivity index (χ1) is 9.45. The molecule has 0 fully saturated rings. The maximum Gasteiger partial charge on any atom is 0.185 e. The van der Waals surface area contributed by atoms with Crippen molar-refractivity contribution in [3.8, 4) is 0 Å². The maximum atomic E-state index is 14.0. The number of sulfone groups is 1. The predicted molar refractivity (Wildman–Crippen MR) is 71.6 cm³/mol. The molecule has 2 aromatic carbocycles. The smallest absolute Gasteiger partial charge is 0.185 e. The van der Waals surface area contributed by atoms with E-state index in [1.807, 2.05) is 0 Å². The van der Waals surface area contributed by atoms with E-state index in [0.717, 1.165) is 12.1 Å². The van der Waals surface area contributed by atoms with E-state index in [2.05, 4.69) is 0 Å². The van der Waals surface area contributed by atoms with E-state index in [9.17, 15) is 17.2 Å². The van der Waals surface area contributed by atoms with Crippen LogP contribution < -0.4 is 5.73 Å². The molecule has 6 heteroatoms. The predicted octanol–water partition coefficient (Wildman–Crippen LogP) is 2.40. The molecule has 0 heterocycles. The highest BCUT2D eigenvalue weighted by molar-refractivity contribution is 7.90. The van der Waals surface area contributed by atoms with Crippen molar-refractivity contribution in [2.75, 3.05) is 0 Å². The number of benzene rings is 2. The second kappa shape index (κ2) is 5.68. The summed E-state index contributed by atoms with van der Waals surface area (Å²) in [5.41, 5.74) is 5.58. The zero-order valence-electron chi connectivity index (χ0n) is 10.5. The van der Waals surface area contributed by atoms with Gasteiger partial charge in [-0.3, -0.25) is 0 Å². The Morgan fingerprint density at radius 3 is 2.25 bits per heavy atom. The van der Waals surface area contributed by atoms with Crippen LogP contribution in [0.15, 0.2) is 47.4 Å². The Kier molecular flexibility index (Phi) is 4.15. The molecule has 0 unspecified atom stereocenters. The van der Waals surface area contributed by atoms with Gasteiger partial charge in [0.15, 0.2) is 9.84 Å². The van der Waals surface area contributed by atoms with Gasteiger partial charge in [0.1, 0.15) is 16.5 Å². The third-order valence-corrected chi connectivity index (χ3v) is 4.59. The van der Waals surface area contributed by atoms with E-state index in [0.29, 0.717) is 0 Å². The lowest BCUT2D eigenvalue weighted by Crippen LogP contribution is -2.10. The first-order valence-electron chi connectivity index (χ1n) is 5.89. The van der Waals surface area contributed by atoms with Crippen LogP contribution in [0, 0.1) is 11.6 Å². The first-order valence-corrected chi connectivity index (χ1v) is 7.54. The van der Waals surface area contributed by atoms with Gasteiger partial charge in [0.25, 0.3) is 0 Å². The summed E-state index contributed by atoms with van der Waals surface area (Å²) in [5.74, 6) is -2.11. The lowest BCUT2D eigenvalue weighted by atomic mass is 10.1. The minimum absolute atomic E-state index is 0.0174. The van der Waals surface area contributed by atoms with Crippen molar-refractivity contribution in [1.29, 1.82) is 0 Å². The lowest BCUT2D eigenvalue weighted by molar-refractivity contribution is 0.562. The van der Waals surface area contributed by atoms with Gasteiger partial charge in [-0.05, 0) is 12.1 Å². The molecular weight excluding hydrogens is 284 g/mol. The average molecular weight is 297 g/mol. The molecule has 0 atom stereocenters. The van der Waals surface area contributed by atoms with Crippen molar-refractivity contribution in [3.63, 3.8) is 0 Å². The van der Waals surface area contributed by atoms with Crippen molar-refractivity contribution < 1.29 is 17.2 Å². The third-order valence-electron chi connectivity index (χ3n) is 2.90. The number of halogens is 2. The molecule has 2 N–H and O–H groups in total. The number of hydrogen-bond acceptors (Lipinski definition) is 3. The summed E-state index contributed by atoms with van der Waals surface area (Å²) in [6.07, 6.45) is 0. The van der Waals surface area contributed by atoms with Crippen LogP contribution in [-0.4, -0.2) is 8.42 Å². The fourth-order valence-electron chi connectivity index (χ4n) is 1.88. The van der Waals surface area contributed by atoms with Gasteiger partial charge in [0, 0.05) is 17.7 Å². The van der Waals surface area contributed by atoms with Gasteiger partial charge in [-0.25, -0.2) is 17.2 Å². The fourth-order valence-corrected chi connectivity index (χ4v) is 3.32. The molecule has 20 heavy (non-hydrogen) atoms. The van der Waals surface area contributed by atoms with Crippen LogP contribution in [0.25, 0.3) is 0 Å². The molecule has 106 valence electrons. The Bertz CT molecular complexity index is 730. The van der Waals surface area contributed by atoms with Crippen LogP contribution in [0.4, 0.5) is 8.78 Å². The average Bonchev–Trinajstić information content (AvgIpc) is 2.41. The Labute approximate surface area is 116 Å². The van der Waals surface area contributed by atoms with Gasteiger partial charge in [0.05, 0.1) is 5.75 Å². The SMILES string of the molecule is NCc1cccc(CS(=O)(=O)c2ccccc2F)c1F. The summed E-state index contributed by atoms with van der Waals surface area (Å²) in [6.45, 7) is -0.0284. The summed E-state index contributed by atoms with van der Waals surface area (Å²) >= 11 is 0. The van der Waals surface area contributed by atoms with Crippen molar-refractivity contribution >= 4 is 9.84 Å². The van der Waals surface area contributed by atoms with Crippen LogP contribution in [0.3, 0.4) is 0 Å². The van der Waals surface area contributed by atoms with Crippen LogP contribution in [0.5, 0.6) is 0 Å². The van der Waals surface area contributed by atoms with Crippen LogP contribution >= 0.6 is 0 Å². The molecule has 0 spiro atoms. The highest BCUT2D eigenvalue weighted by atomic mass is 32.2. The monoisotopic (exact) mass is 297 g/mol. The molecule has 2 aromatic rings. The molecule has 0 saturated carbocycles. The molecule has 0 amide bonds. The number of nitrogens with two attached hydrogens (primary N) is 1. The van der Waals surface area contributed by atoms with Gasteiger partial charge in [-0.15, -0.1) is 0 Å². The molecule has 0 radical (unpaired) electrons. The summed E-state index contributed by atoms with van der Waals surface area (Å²) in [5, 5.41) is 0. The minimum Gasteiger partial charge on any atom is -0.326 e. The van der Waals surface area contributed by atoms with Crippen LogP contribution in [0.2, 0.25) is 0 Å². The van der Waals surface area contributed by atoms with Crippen molar-refractivity contribution in [2.24, 2.45) is 5.73 Å². The molecule has 2 rings (SSSR count). The third kappa shape index (κ3) is 2.86. The topological polar surface area (TPSA) is 60.2 Å². The molecule has 0 saturated heterocycles. The van der Waals surface area contributed by atoms with Crippen molar-refractivity contribution in [1.82, 2.24) is 0 Å². The van der Waals surface area contributed by atoms with E-state index in [-0.39, 0.29) is 17.7 Å². The molecule has 0 aromatic heterocycles. The molecular formula is C14H13F2NO2S. The quantitative estimate of drug-likeness (QED) is 0.942. The Morgan fingerprint density at radius 2 is 1.60 bits per heavy atom. The zero-order chi connectivity index (χ0) is 14.8. The fraction of sp³-hybridized carbons (Fsp3) is 0.143. The maximum absolute atomic E-state index is 14.0. The summed E-state index contributed by atoms with van der Waals surface area (Å²) < 4.78 is 51.8. The summed E-state index contributed by atoms with van der Waals surface area (Å²) in [7, 11) is -3.95.